The summed E-state index contributed by atoms with van der Waals surface area (Å²) in [5.41, 5.74) is 0. The van der Waals surface area contributed by atoms with E-state index >= 15 is 0 Å². The first-order valence-corrected chi connectivity index (χ1v) is 6.77. The van der Waals surface area contributed by atoms with Gasteiger partial charge in [0.15, 0.2) is 0 Å². The lowest BCUT2D eigenvalue weighted by Gasteiger charge is -2.33. The highest BCUT2D eigenvalue weighted by Gasteiger charge is 2.24. The maximum atomic E-state index is 12.1. The molecule has 0 aliphatic carbocycles. The SMILES string of the molecule is C[C@H]1CCCN(C(=O)C[C@@H]2CCCCN2)C1. The van der Waals surface area contributed by atoms with Crippen molar-refractivity contribution in [1.82, 2.24) is 10.2 Å². The summed E-state index contributed by atoms with van der Waals surface area (Å²) >= 11 is 0. The molecular formula is C13H24N2O. The van der Waals surface area contributed by atoms with Crippen LogP contribution in [-0.2, 0) is 4.79 Å². The number of nitrogens with zero attached hydrogens (tertiary/aromatic N) is 1. The molecule has 0 aromatic carbocycles. The summed E-state index contributed by atoms with van der Waals surface area (Å²) in [6.07, 6.45) is 6.91. The third kappa shape index (κ3) is 3.21. The molecular weight excluding hydrogens is 200 g/mol. The lowest BCUT2D eigenvalue weighted by Crippen LogP contribution is -2.43. The zero-order valence-corrected chi connectivity index (χ0v) is 10.4. The third-order valence-corrected chi connectivity index (χ3v) is 3.84. The predicted molar refractivity (Wildman–Crippen MR) is 65.2 cm³/mol. The Morgan fingerprint density at radius 1 is 1.31 bits per heavy atom. The van der Waals surface area contributed by atoms with Crippen molar-refractivity contribution in [3.05, 3.63) is 0 Å². The maximum Gasteiger partial charge on any atom is 0.224 e. The van der Waals surface area contributed by atoms with Gasteiger partial charge in [-0.05, 0) is 38.1 Å². The van der Waals surface area contributed by atoms with Gasteiger partial charge in [0.25, 0.3) is 0 Å². The number of likely N-dealkylation sites (tertiary alicyclic amines) is 1. The zero-order chi connectivity index (χ0) is 11.4. The summed E-state index contributed by atoms with van der Waals surface area (Å²) in [6, 6.07) is 0.443. The molecule has 2 atom stereocenters. The molecule has 0 bridgehead atoms. The molecule has 0 radical (unpaired) electrons. The van der Waals surface area contributed by atoms with Gasteiger partial charge in [-0.3, -0.25) is 4.79 Å². The highest BCUT2D eigenvalue weighted by Crippen LogP contribution is 2.18. The predicted octanol–water partition coefficient (Wildman–Crippen LogP) is 1.78. The fraction of sp³-hybridized carbons (Fsp3) is 0.923. The van der Waals surface area contributed by atoms with Crippen LogP contribution in [0.3, 0.4) is 0 Å². The van der Waals surface area contributed by atoms with Crippen molar-refractivity contribution in [1.29, 1.82) is 0 Å². The van der Waals surface area contributed by atoms with Crippen molar-refractivity contribution in [2.45, 2.75) is 51.5 Å². The summed E-state index contributed by atoms with van der Waals surface area (Å²) < 4.78 is 0. The second-order valence-electron chi connectivity index (χ2n) is 5.44. The van der Waals surface area contributed by atoms with E-state index in [1.165, 1.54) is 32.1 Å². The third-order valence-electron chi connectivity index (χ3n) is 3.84. The van der Waals surface area contributed by atoms with E-state index in [1.54, 1.807) is 0 Å². The van der Waals surface area contributed by atoms with Gasteiger partial charge in [0.2, 0.25) is 5.91 Å². The lowest BCUT2D eigenvalue weighted by atomic mass is 9.98. The van der Waals surface area contributed by atoms with Crippen LogP contribution in [0.15, 0.2) is 0 Å². The van der Waals surface area contributed by atoms with E-state index in [4.69, 9.17) is 0 Å². The maximum absolute atomic E-state index is 12.1. The van der Waals surface area contributed by atoms with Crippen LogP contribution in [0.4, 0.5) is 0 Å². The topological polar surface area (TPSA) is 32.3 Å². The van der Waals surface area contributed by atoms with Crippen molar-refractivity contribution in [3.8, 4) is 0 Å². The molecule has 92 valence electrons. The Morgan fingerprint density at radius 3 is 2.88 bits per heavy atom. The second-order valence-corrected chi connectivity index (χ2v) is 5.44. The molecule has 3 heteroatoms. The smallest absolute Gasteiger partial charge is 0.224 e. The molecule has 2 rings (SSSR count). The number of hydrogen-bond acceptors (Lipinski definition) is 2. The highest BCUT2D eigenvalue weighted by molar-refractivity contribution is 5.77. The minimum absolute atomic E-state index is 0.367. The normalized spacial score (nSPS) is 31.4. The molecule has 0 unspecified atom stereocenters. The fourth-order valence-electron chi connectivity index (χ4n) is 2.85. The van der Waals surface area contributed by atoms with Gasteiger partial charge in [0.05, 0.1) is 0 Å². The van der Waals surface area contributed by atoms with Crippen LogP contribution in [0.25, 0.3) is 0 Å². The van der Waals surface area contributed by atoms with Crippen molar-refractivity contribution in [2.75, 3.05) is 19.6 Å². The summed E-state index contributed by atoms with van der Waals surface area (Å²) in [4.78, 5) is 14.2. The molecule has 2 fully saturated rings. The first-order chi connectivity index (χ1) is 7.75. The van der Waals surface area contributed by atoms with Gasteiger partial charge in [0.1, 0.15) is 0 Å². The van der Waals surface area contributed by atoms with Gasteiger partial charge >= 0.3 is 0 Å². The van der Waals surface area contributed by atoms with Gasteiger partial charge < -0.3 is 10.2 Å². The largest absolute Gasteiger partial charge is 0.342 e. The van der Waals surface area contributed by atoms with Gasteiger partial charge in [-0.1, -0.05) is 13.3 Å². The van der Waals surface area contributed by atoms with Crippen LogP contribution in [0, 0.1) is 5.92 Å². The average molecular weight is 224 g/mol. The van der Waals surface area contributed by atoms with E-state index in [-0.39, 0.29) is 0 Å². The zero-order valence-electron chi connectivity index (χ0n) is 10.4. The molecule has 0 spiro atoms. The summed E-state index contributed by atoms with van der Waals surface area (Å²) in [7, 11) is 0. The quantitative estimate of drug-likeness (QED) is 0.775. The number of nitrogens with one attached hydrogen (secondary N) is 1. The number of hydrogen-bond donors (Lipinski definition) is 1. The molecule has 0 aromatic rings. The lowest BCUT2D eigenvalue weighted by molar-refractivity contribution is -0.133. The number of rotatable bonds is 2. The van der Waals surface area contributed by atoms with E-state index in [0.29, 0.717) is 24.3 Å². The van der Waals surface area contributed by atoms with Gasteiger partial charge in [-0.25, -0.2) is 0 Å². The van der Waals surface area contributed by atoms with E-state index in [9.17, 15) is 4.79 Å². The highest BCUT2D eigenvalue weighted by atomic mass is 16.2. The van der Waals surface area contributed by atoms with Gasteiger partial charge in [-0.2, -0.15) is 0 Å². The summed E-state index contributed by atoms with van der Waals surface area (Å²) in [5, 5.41) is 3.45. The first kappa shape index (κ1) is 11.9. The number of carbonyl (C=O) groups is 1. The molecule has 2 aliphatic heterocycles. The molecule has 2 aliphatic rings. The summed E-state index contributed by atoms with van der Waals surface area (Å²) in [6.45, 7) is 5.30. The van der Waals surface area contributed by atoms with Crippen molar-refractivity contribution in [2.24, 2.45) is 5.92 Å². The van der Waals surface area contributed by atoms with Crippen LogP contribution < -0.4 is 5.32 Å². The molecule has 1 N–H and O–H groups in total. The standard InChI is InChI=1S/C13H24N2O/c1-11-5-4-8-15(10-11)13(16)9-12-6-2-3-7-14-12/h11-12,14H,2-10H2,1H3/t11-,12-/m0/s1. The molecule has 16 heavy (non-hydrogen) atoms. The molecule has 0 aromatic heterocycles. The van der Waals surface area contributed by atoms with Crippen LogP contribution in [0.2, 0.25) is 0 Å². The van der Waals surface area contributed by atoms with E-state index in [2.05, 4.69) is 17.1 Å². The fourth-order valence-corrected chi connectivity index (χ4v) is 2.85. The van der Waals surface area contributed by atoms with E-state index < -0.39 is 0 Å². The minimum Gasteiger partial charge on any atom is -0.342 e. The first-order valence-electron chi connectivity index (χ1n) is 6.77. The Morgan fingerprint density at radius 2 is 2.19 bits per heavy atom. The molecule has 3 nitrogen and oxygen atoms in total. The van der Waals surface area contributed by atoms with Crippen molar-refractivity contribution >= 4 is 5.91 Å². The Bertz CT molecular complexity index is 236. The number of piperidine rings is 2. The molecule has 2 heterocycles. The Labute approximate surface area is 98.6 Å². The monoisotopic (exact) mass is 224 g/mol. The van der Waals surface area contributed by atoms with Crippen LogP contribution in [0.5, 0.6) is 0 Å². The number of carbonyl (C=O) groups excluding carboxylic acids is 1. The van der Waals surface area contributed by atoms with Gasteiger partial charge in [-0.15, -0.1) is 0 Å². The van der Waals surface area contributed by atoms with Crippen LogP contribution >= 0.6 is 0 Å². The molecule has 0 saturated carbocycles. The average Bonchev–Trinajstić information content (AvgIpc) is 2.30. The van der Waals surface area contributed by atoms with Crippen molar-refractivity contribution < 1.29 is 4.79 Å². The number of amides is 1. The van der Waals surface area contributed by atoms with E-state index in [1.807, 2.05) is 0 Å². The van der Waals surface area contributed by atoms with E-state index in [0.717, 1.165) is 19.6 Å². The summed E-state index contributed by atoms with van der Waals surface area (Å²) in [5.74, 6) is 1.06. The Hall–Kier alpha value is -0.570. The van der Waals surface area contributed by atoms with Crippen LogP contribution in [-0.4, -0.2) is 36.5 Å². The second kappa shape index (κ2) is 5.67. The van der Waals surface area contributed by atoms with Crippen molar-refractivity contribution in [3.63, 3.8) is 0 Å². The Balaban J connectivity index is 1.77. The minimum atomic E-state index is 0.367. The molecule has 2 saturated heterocycles. The molecule has 1 amide bonds. The van der Waals surface area contributed by atoms with Crippen LogP contribution in [0.1, 0.15) is 45.4 Å². The Kier molecular flexibility index (Phi) is 4.22. The van der Waals surface area contributed by atoms with Gasteiger partial charge in [0, 0.05) is 25.6 Å².